The molecule has 0 radical (unpaired) electrons. The third-order valence-electron chi connectivity index (χ3n) is 6.17. The number of ether oxygens (including phenoxy) is 1. The molecule has 3 heteroatoms. The zero-order valence-electron chi connectivity index (χ0n) is 14.9. The van der Waals surface area contributed by atoms with Crippen LogP contribution in [0.25, 0.3) is 0 Å². The highest BCUT2D eigenvalue weighted by molar-refractivity contribution is 5.83. The highest BCUT2D eigenvalue weighted by atomic mass is 16.5. The predicted molar refractivity (Wildman–Crippen MR) is 88.7 cm³/mol. The Labute approximate surface area is 135 Å². The Kier molecular flexibility index (Phi) is 5.71. The van der Waals surface area contributed by atoms with E-state index in [0.717, 1.165) is 38.7 Å². The van der Waals surface area contributed by atoms with Crippen molar-refractivity contribution in [3.05, 3.63) is 0 Å². The van der Waals surface area contributed by atoms with Gasteiger partial charge in [-0.15, -0.1) is 0 Å². The summed E-state index contributed by atoms with van der Waals surface area (Å²) in [5.74, 6) is 1.91. The minimum absolute atomic E-state index is 0.238. The molecule has 0 amide bonds. The number of hydrogen-bond acceptors (Lipinski definition) is 3. The van der Waals surface area contributed by atoms with Gasteiger partial charge in [0.2, 0.25) is 0 Å². The maximum absolute atomic E-state index is 12.2. The zero-order chi connectivity index (χ0) is 16.4. The molecule has 0 spiro atoms. The van der Waals surface area contributed by atoms with Crippen molar-refractivity contribution in [2.24, 2.45) is 23.2 Å². The SMILES string of the molecule is COC[C@@H](CC[C@H]1CC[C@H]2C(=O)CCCC12C)CC(C)(C)O. The molecular formula is C19H34O3. The molecule has 0 saturated heterocycles. The van der Waals surface area contributed by atoms with Crippen molar-refractivity contribution in [1.82, 2.24) is 0 Å². The molecule has 2 aliphatic rings. The molecule has 22 heavy (non-hydrogen) atoms. The summed E-state index contributed by atoms with van der Waals surface area (Å²) < 4.78 is 5.35. The number of hydrogen-bond donors (Lipinski definition) is 1. The van der Waals surface area contributed by atoms with Gasteiger partial charge in [-0.1, -0.05) is 6.92 Å². The lowest BCUT2D eigenvalue weighted by Crippen LogP contribution is -2.37. The average molecular weight is 310 g/mol. The van der Waals surface area contributed by atoms with Gasteiger partial charge in [-0.05, 0) is 76.0 Å². The molecule has 2 rings (SSSR count). The van der Waals surface area contributed by atoms with E-state index in [2.05, 4.69) is 6.92 Å². The van der Waals surface area contributed by atoms with Gasteiger partial charge < -0.3 is 9.84 Å². The van der Waals surface area contributed by atoms with Gasteiger partial charge in [0.1, 0.15) is 5.78 Å². The van der Waals surface area contributed by atoms with Gasteiger partial charge in [0.15, 0.2) is 0 Å². The van der Waals surface area contributed by atoms with Gasteiger partial charge in [-0.3, -0.25) is 4.79 Å². The van der Waals surface area contributed by atoms with E-state index in [0.29, 0.717) is 23.5 Å². The lowest BCUT2D eigenvalue weighted by atomic mass is 9.64. The molecule has 1 unspecified atom stereocenters. The molecule has 2 fully saturated rings. The summed E-state index contributed by atoms with van der Waals surface area (Å²) >= 11 is 0. The summed E-state index contributed by atoms with van der Waals surface area (Å²) in [7, 11) is 1.74. The minimum atomic E-state index is -0.633. The second kappa shape index (κ2) is 7.00. The molecule has 0 aromatic heterocycles. The zero-order valence-corrected chi connectivity index (χ0v) is 14.9. The third-order valence-corrected chi connectivity index (χ3v) is 6.17. The largest absolute Gasteiger partial charge is 0.390 e. The van der Waals surface area contributed by atoms with E-state index in [1.165, 1.54) is 19.3 Å². The Hall–Kier alpha value is -0.410. The van der Waals surface area contributed by atoms with Gasteiger partial charge >= 0.3 is 0 Å². The smallest absolute Gasteiger partial charge is 0.136 e. The molecule has 0 heterocycles. The molecule has 0 aliphatic heterocycles. The molecule has 2 aliphatic carbocycles. The maximum atomic E-state index is 12.2. The standard InChI is InChI=1S/C19H34O3/c1-18(2,21)12-14(13-22-4)7-8-15-9-10-16-17(20)6-5-11-19(15,16)3/h14-16,21H,5-13H2,1-4H3/t14-,15-,16-,19?/m0/s1. The van der Waals surface area contributed by atoms with Crippen molar-refractivity contribution in [3.8, 4) is 0 Å². The number of carbonyl (C=O) groups excluding carboxylic acids is 1. The van der Waals surface area contributed by atoms with E-state index in [9.17, 15) is 9.90 Å². The van der Waals surface area contributed by atoms with Crippen LogP contribution in [0.3, 0.4) is 0 Å². The normalized spacial score (nSPS) is 33.8. The van der Waals surface area contributed by atoms with Crippen molar-refractivity contribution in [1.29, 1.82) is 0 Å². The lowest BCUT2D eigenvalue weighted by Gasteiger charge is -2.40. The first-order valence-electron chi connectivity index (χ1n) is 9.00. The number of rotatable bonds is 7. The highest BCUT2D eigenvalue weighted by Crippen LogP contribution is 2.55. The molecule has 3 nitrogen and oxygen atoms in total. The highest BCUT2D eigenvalue weighted by Gasteiger charge is 2.50. The fourth-order valence-electron chi connectivity index (χ4n) is 5.13. The molecule has 4 atom stereocenters. The van der Waals surface area contributed by atoms with Crippen LogP contribution in [0.15, 0.2) is 0 Å². The fourth-order valence-corrected chi connectivity index (χ4v) is 5.13. The number of carbonyl (C=O) groups is 1. The first-order valence-corrected chi connectivity index (χ1v) is 9.00. The molecule has 1 N–H and O–H groups in total. The van der Waals surface area contributed by atoms with Crippen LogP contribution in [0, 0.1) is 23.2 Å². The Morgan fingerprint density at radius 1 is 1.41 bits per heavy atom. The molecule has 0 bridgehead atoms. The number of ketones is 1. The Bertz CT molecular complexity index is 385. The van der Waals surface area contributed by atoms with Crippen molar-refractivity contribution in [2.75, 3.05) is 13.7 Å². The van der Waals surface area contributed by atoms with Gasteiger partial charge in [0.25, 0.3) is 0 Å². The van der Waals surface area contributed by atoms with Gasteiger partial charge in [-0.2, -0.15) is 0 Å². The van der Waals surface area contributed by atoms with E-state index in [-0.39, 0.29) is 5.41 Å². The maximum Gasteiger partial charge on any atom is 0.136 e. The van der Waals surface area contributed by atoms with Crippen molar-refractivity contribution < 1.29 is 14.6 Å². The molecule has 0 aromatic carbocycles. The Morgan fingerprint density at radius 3 is 2.77 bits per heavy atom. The molecular weight excluding hydrogens is 276 g/mol. The Balaban J connectivity index is 1.93. The van der Waals surface area contributed by atoms with Crippen molar-refractivity contribution >= 4 is 5.78 Å². The monoisotopic (exact) mass is 310 g/mol. The third kappa shape index (κ3) is 4.11. The number of Topliss-reactive ketones (excluding diaryl/α,β-unsaturated/α-hetero) is 1. The van der Waals surface area contributed by atoms with Crippen LogP contribution >= 0.6 is 0 Å². The molecule has 0 aromatic rings. The van der Waals surface area contributed by atoms with Gasteiger partial charge in [-0.25, -0.2) is 0 Å². The van der Waals surface area contributed by atoms with E-state index in [1.54, 1.807) is 7.11 Å². The van der Waals surface area contributed by atoms with E-state index in [1.807, 2.05) is 13.8 Å². The summed E-state index contributed by atoms with van der Waals surface area (Å²) in [5.41, 5.74) is -0.395. The molecule has 128 valence electrons. The summed E-state index contributed by atoms with van der Waals surface area (Å²) in [4.78, 5) is 12.2. The van der Waals surface area contributed by atoms with Crippen molar-refractivity contribution in [2.45, 2.75) is 77.7 Å². The summed E-state index contributed by atoms with van der Waals surface area (Å²) in [6.45, 7) is 6.83. The van der Waals surface area contributed by atoms with Gasteiger partial charge in [0, 0.05) is 26.1 Å². The fraction of sp³-hybridized carbons (Fsp3) is 0.947. The van der Waals surface area contributed by atoms with E-state index >= 15 is 0 Å². The van der Waals surface area contributed by atoms with Crippen LogP contribution < -0.4 is 0 Å². The average Bonchev–Trinajstić information content (AvgIpc) is 2.73. The van der Waals surface area contributed by atoms with Crippen LogP contribution in [0.2, 0.25) is 0 Å². The minimum Gasteiger partial charge on any atom is -0.390 e. The van der Waals surface area contributed by atoms with E-state index in [4.69, 9.17) is 4.74 Å². The number of fused-ring (bicyclic) bond motifs is 1. The predicted octanol–water partition coefficient (Wildman–Crippen LogP) is 3.98. The summed E-state index contributed by atoms with van der Waals surface area (Å²) in [6, 6.07) is 0. The van der Waals surface area contributed by atoms with Gasteiger partial charge in [0.05, 0.1) is 5.60 Å². The number of aliphatic hydroxyl groups is 1. The van der Waals surface area contributed by atoms with Crippen molar-refractivity contribution in [3.63, 3.8) is 0 Å². The van der Waals surface area contributed by atoms with Crippen LogP contribution in [-0.2, 0) is 9.53 Å². The van der Waals surface area contributed by atoms with Crippen LogP contribution in [0.1, 0.15) is 72.1 Å². The summed E-state index contributed by atoms with van der Waals surface area (Å²) in [5, 5.41) is 10.1. The second-order valence-corrected chi connectivity index (χ2v) is 8.57. The number of methoxy groups -OCH3 is 1. The Morgan fingerprint density at radius 2 is 2.14 bits per heavy atom. The van der Waals surface area contributed by atoms with Crippen LogP contribution in [-0.4, -0.2) is 30.2 Å². The van der Waals surface area contributed by atoms with Crippen LogP contribution in [0.5, 0.6) is 0 Å². The molecule has 2 saturated carbocycles. The first-order chi connectivity index (χ1) is 10.3. The lowest BCUT2D eigenvalue weighted by molar-refractivity contribution is -0.129. The topological polar surface area (TPSA) is 46.5 Å². The van der Waals surface area contributed by atoms with E-state index < -0.39 is 5.60 Å². The summed E-state index contributed by atoms with van der Waals surface area (Å²) in [6.07, 6.45) is 8.45. The second-order valence-electron chi connectivity index (χ2n) is 8.57. The first kappa shape index (κ1) is 17.9. The quantitative estimate of drug-likeness (QED) is 0.774. The van der Waals surface area contributed by atoms with Crippen LogP contribution in [0.4, 0.5) is 0 Å².